The summed E-state index contributed by atoms with van der Waals surface area (Å²) < 4.78 is 0.935. The molecule has 0 saturated carbocycles. The molecule has 1 rings (SSSR count). The fraction of sp³-hybridized carbons (Fsp3) is 0.364. The Balaban J connectivity index is 2.89. The van der Waals surface area contributed by atoms with Crippen molar-refractivity contribution in [3.05, 3.63) is 28.2 Å². The number of amidine groups is 1. The molecule has 1 aromatic rings. The molecule has 0 bridgehead atoms. The van der Waals surface area contributed by atoms with E-state index in [0.717, 1.165) is 22.5 Å². The van der Waals surface area contributed by atoms with Crippen LogP contribution in [-0.2, 0) is 0 Å². The molecule has 0 radical (unpaired) electrons. The summed E-state index contributed by atoms with van der Waals surface area (Å²) in [6, 6.07) is 5.64. The van der Waals surface area contributed by atoms with E-state index in [4.69, 9.17) is 10.9 Å². The first-order valence-electron chi connectivity index (χ1n) is 5.07. The van der Waals surface area contributed by atoms with Crippen LogP contribution in [0.5, 0.6) is 0 Å². The van der Waals surface area contributed by atoms with Crippen LogP contribution in [0, 0.1) is 0 Å². The maximum absolute atomic E-state index is 8.61. The number of anilines is 1. The number of halogens is 1. The van der Waals surface area contributed by atoms with Gasteiger partial charge in [-0.1, -0.05) is 5.16 Å². The molecule has 0 aromatic heterocycles. The standard InChI is InChI=1S/C11H16BrN3OS/c1-15(5-6-17-2)10-4-3-8(7-9(10)12)11(13)14-16/h3-4,7,16H,5-6H2,1-2H3,(H2,13,14). The van der Waals surface area contributed by atoms with Gasteiger partial charge in [-0.2, -0.15) is 11.8 Å². The Hall–Kier alpha value is -0.880. The van der Waals surface area contributed by atoms with Crippen molar-refractivity contribution in [1.82, 2.24) is 0 Å². The van der Waals surface area contributed by atoms with Crippen molar-refractivity contribution in [3.8, 4) is 0 Å². The second-order valence-corrected chi connectivity index (χ2v) is 5.41. The maximum Gasteiger partial charge on any atom is 0.170 e. The third-order valence-corrected chi connectivity index (χ3v) is 3.62. The van der Waals surface area contributed by atoms with Crippen molar-refractivity contribution >= 4 is 39.2 Å². The van der Waals surface area contributed by atoms with Gasteiger partial charge >= 0.3 is 0 Å². The summed E-state index contributed by atoms with van der Waals surface area (Å²) in [5, 5.41) is 11.6. The van der Waals surface area contributed by atoms with Crippen LogP contribution in [0.1, 0.15) is 5.56 Å². The topological polar surface area (TPSA) is 61.8 Å². The number of nitrogens with zero attached hydrogens (tertiary/aromatic N) is 2. The lowest BCUT2D eigenvalue weighted by molar-refractivity contribution is 0.318. The molecule has 0 amide bonds. The maximum atomic E-state index is 8.61. The summed E-state index contributed by atoms with van der Waals surface area (Å²) in [5.74, 6) is 1.19. The second kappa shape index (κ2) is 6.76. The minimum absolute atomic E-state index is 0.115. The van der Waals surface area contributed by atoms with Gasteiger partial charge in [0.25, 0.3) is 0 Å². The van der Waals surface area contributed by atoms with Crippen LogP contribution in [0.3, 0.4) is 0 Å². The van der Waals surface area contributed by atoms with Gasteiger partial charge in [0.1, 0.15) is 0 Å². The second-order valence-electron chi connectivity index (χ2n) is 3.57. The lowest BCUT2D eigenvalue weighted by Gasteiger charge is -2.20. The minimum Gasteiger partial charge on any atom is -0.409 e. The quantitative estimate of drug-likeness (QED) is 0.379. The smallest absolute Gasteiger partial charge is 0.170 e. The Bertz CT molecular complexity index is 412. The van der Waals surface area contributed by atoms with Gasteiger partial charge in [0.05, 0.1) is 5.69 Å². The SMILES string of the molecule is CSCCN(C)c1ccc(/C(N)=N/O)cc1Br. The molecule has 6 heteroatoms. The molecule has 0 aliphatic carbocycles. The van der Waals surface area contributed by atoms with Crippen molar-refractivity contribution in [3.63, 3.8) is 0 Å². The van der Waals surface area contributed by atoms with E-state index in [1.54, 1.807) is 0 Å². The van der Waals surface area contributed by atoms with Crippen LogP contribution in [0.2, 0.25) is 0 Å². The highest BCUT2D eigenvalue weighted by Gasteiger charge is 2.08. The van der Waals surface area contributed by atoms with E-state index < -0.39 is 0 Å². The molecule has 0 spiro atoms. The normalized spacial score (nSPS) is 11.6. The number of benzene rings is 1. The molecule has 1 aromatic carbocycles. The van der Waals surface area contributed by atoms with E-state index in [0.29, 0.717) is 5.56 Å². The molecular weight excluding hydrogens is 302 g/mol. The van der Waals surface area contributed by atoms with E-state index in [2.05, 4.69) is 32.2 Å². The molecule has 3 N–H and O–H groups in total. The van der Waals surface area contributed by atoms with Crippen LogP contribution in [0.15, 0.2) is 27.8 Å². The van der Waals surface area contributed by atoms with Gasteiger partial charge in [-0.05, 0) is 40.4 Å². The lowest BCUT2D eigenvalue weighted by Crippen LogP contribution is -2.21. The third-order valence-electron chi connectivity index (χ3n) is 2.39. The van der Waals surface area contributed by atoms with Crippen LogP contribution in [0.25, 0.3) is 0 Å². The molecule has 4 nitrogen and oxygen atoms in total. The Kier molecular flexibility index (Phi) is 5.64. The van der Waals surface area contributed by atoms with Crippen molar-refractivity contribution in [2.45, 2.75) is 0 Å². The zero-order valence-corrected chi connectivity index (χ0v) is 12.3. The average Bonchev–Trinajstić information content (AvgIpc) is 2.34. The summed E-state index contributed by atoms with van der Waals surface area (Å²) in [6.07, 6.45) is 2.09. The van der Waals surface area contributed by atoms with Gasteiger partial charge in [0, 0.05) is 29.4 Å². The Morgan fingerprint density at radius 3 is 2.82 bits per heavy atom. The molecule has 17 heavy (non-hydrogen) atoms. The first kappa shape index (κ1) is 14.2. The van der Waals surface area contributed by atoms with E-state index >= 15 is 0 Å². The van der Waals surface area contributed by atoms with Crippen LogP contribution in [-0.4, -0.2) is 36.6 Å². The number of hydrogen-bond acceptors (Lipinski definition) is 4. The molecule has 0 atom stereocenters. The van der Waals surface area contributed by atoms with Gasteiger partial charge < -0.3 is 15.8 Å². The van der Waals surface area contributed by atoms with Crippen LogP contribution >= 0.6 is 27.7 Å². The van der Waals surface area contributed by atoms with E-state index in [1.165, 1.54) is 0 Å². The molecule has 0 aliphatic heterocycles. The Morgan fingerprint density at radius 1 is 1.59 bits per heavy atom. The van der Waals surface area contributed by atoms with Gasteiger partial charge in [-0.3, -0.25) is 0 Å². The van der Waals surface area contributed by atoms with Gasteiger partial charge in [-0.25, -0.2) is 0 Å². The predicted octanol–water partition coefficient (Wildman–Crippen LogP) is 2.34. The number of thioether (sulfide) groups is 1. The summed E-state index contributed by atoms with van der Waals surface area (Å²) in [4.78, 5) is 2.16. The van der Waals surface area contributed by atoms with Crippen molar-refractivity contribution in [2.75, 3.05) is 30.5 Å². The first-order valence-corrected chi connectivity index (χ1v) is 7.26. The highest BCUT2D eigenvalue weighted by Crippen LogP contribution is 2.26. The van der Waals surface area contributed by atoms with Gasteiger partial charge in [0.2, 0.25) is 0 Å². The highest BCUT2D eigenvalue weighted by molar-refractivity contribution is 9.10. The van der Waals surface area contributed by atoms with Crippen molar-refractivity contribution in [1.29, 1.82) is 0 Å². The van der Waals surface area contributed by atoms with Gasteiger partial charge in [0.15, 0.2) is 5.84 Å². The molecular formula is C11H16BrN3OS. The Labute approximate surface area is 114 Å². The monoisotopic (exact) mass is 317 g/mol. The van der Waals surface area contributed by atoms with E-state index in [-0.39, 0.29) is 5.84 Å². The number of oxime groups is 1. The molecule has 0 fully saturated rings. The van der Waals surface area contributed by atoms with Crippen LogP contribution in [0.4, 0.5) is 5.69 Å². The summed E-state index contributed by atoms with van der Waals surface area (Å²) in [5.41, 5.74) is 7.32. The lowest BCUT2D eigenvalue weighted by atomic mass is 10.2. The molecule has 94 valence electrons. The third kappa shape index (κ3) is 3.81. The van der Waals surface area contributed by atoms with E-state index in [1.807, 2.05) is 37.0 Å². The largest absolute Gasteiger partial charge is 0.409 e. The van der Waals surface area contributed by atoms with E-state index in [9.17, 15) is 0 Å². The summed E-state index contributed by atoms with van der Waals surface area (Å²) in [7, 11) is 2.04. The molecule has 0 unspecified atom stereocenters. The number of rotatable bonds is 5. The fourth-order valence-electron chi connectivity index (χ4n) is 1.38. The van der Waals surface area contributed by atoms with Gasteiger partial charge in [-0.15, -0.1) is 0 Å². The zero-order valence-electron chi connectivity index (χ0n) is 9.85. The predicted molar refractivity (Wildman–Crippen MR) is 78.3 cm³/mol. The summed E-state index contributed by atoms with van der Waals surface area (Å²) >= 11 is 5.31. The fourth-order valence-corrected chi connectivity index (χ4v) is 2.52. The first-order chi connectivity index (χ1) is 8.10. The Morgan fingerprint density at radius 2 is 2.29 bits per heavy atom. The molecule has 0 saturated heterocycles. The molecule has 0 aliphatic rings. The number of hydrogen-bond donors (Lipinski definition) is 2. The molecule has 0 heterocycles. The number of nitrogens with two attached hydrogens (primary N) is 1. The minimum atomic E-state index is 0.115. The van der Waals surface area contributed by atoms with Crippen LogP contribution < -0.4 is 10.6 Å². The van der Waals surface area contributed by atoms with Crippen molar-refractivity contribution in [2.24, 2.45) is 10.9 Å². The van der Waals surface area contributed by atoms with Crippen molar-refractivity contribution < 1.29 is 5.21 Å². The highest BCUT2D eigenvalue weighted by atomic mass is 79.9. The zero-order chi connectivity index (χ0) is 12.8. The summed E-state index contributed by atoms with van der Waals surface area (Å²) in [6.45, 7) is 0.975. The average molecular weight is 318 g/mol.